The van der Waals surface area contributed by atoms with E-state index in [0.29, 0.717) is 5.76 Å². The maximum Gasteiger partial charge on any atom is 0.313 e. The summed E-state index contributed by atoms with van der Waals surface area (Å²) in [4.78, 5) is 11.4. The van der Waals surface area contributed by atoms with Crippen molar-refractivity contribution in [3.63, 3.8) is 0 Å². The summed E-state index contributed by atoms with van der Waals surface area (Å²) in [5.41, 5.74) is 2.78. The smallest absolute Gasteiger partial charge is 0.313 e. The highest BCUT2D eigenvalue weighted by molar-refractivity contribution is 5.79. The van der Waals surface area contributed by atoms with Gasteiger partial charge in [0, 0.05) is 11.1 Å². The van der Waals surface area contributed by atoms with Gasteiger partial charge in [0.1, 0.15) is 17.9 Å². The van der Waals surface area contributed by atoms with Gasteiger partial charge in [-0.1, -0.05) is 18.2 Å². The molecule has 0 saturated carbocycles. The minimum absolute atomic E-state index is 0.0958. The van der Waals surface area contributed by atoms with Crippen LogP contribution in [0.1, 0.15) is 18.2 Å². The average molecular weight is 286 g/mol. The molecule has 1 aromatic carbocycles. The van der Waals surface area contributed by atoms with Crippen LogP contribution in [0.25, 0.3) is 17.2 Å². The van der Waals surface area contributed by atoms with E-state index < -0.39 is 0 Å². The van der Waals surface area contributed by atoms with Crippen LogP contribution in [-0.2, 0) is 16.0 Å². The highest BCUT2D eigenvalue weighted by Gasteiger charge is 2.16. The number of carbonyl (C=O) groups excluding carboxylic acids is 1. The fourth-order valence-corrected chi connectivity index (χ4v) is 2.15. The molecule has 1 aromatic heterocycles. The Balaban J connectivity index is 2.42. The summed E-state index contributed by atoms with van der Waals surface area (Å²) < 4.78 is 15.5. The van der Waals surface area contributed by atoms with Crippen molar-refractivity contribution in [1.29, 1.82) is 0 Å². The summed E-state index contributed by atoms with van der Waals surface area (Å²) in [7, 11) is 2.98. The van der Waals surface area contributed by atoms with Gasteiger partial charge in [-0.2, -0.15) is 0 Å². The van der Waals surface area contributed by atoms with Crippen LogP contribution >= 0.6 is 0 Å². The van der Waals surface area contributed by atoms with Crippen molar-refractivity contribution < 1.29 is 18.7 Å². The predicted octanol–water partition coefficient (Wildman–Crippen LogP) is 3.70. The standard InChI is InChI=1S/C17H18O4/c1-4-5-12-6-7-13(15(10-12)19-2)14-8-9-21-16(14)11-17(18)20-3/h4-10H,11H2,1-3H3. The Kier molecular flexibility index (Phi) is 4.82. The molecule has 110 valence electrons. The average Bonchev–Trinajstić information content (AvgIpc) is 2.95. The van der Waals surface area contributed by atoms with Crippen LogP contribution in [-0.4, -0.2) is 20.2 Å². The Bertz CT molecular complexity index is 653. The first-order chi connectivity index (χ1) is 10.2. The van der Waals surface area contributed by atoms with Crippen molar-refractivity contribution in [2.24, 2.45) is 0 Å². The molecule has 0 aliphatic heterocycles. The van der Waals surface area contributed by atoms with Crippen LogP contribution < -0.4 is 4.74 Å². The number of methoxy groups -OCH3 is 2. The van der Waals surface area contributed by atoms with Gasteiger partial charge in [-0.3, -0.25) is 4.79 Å². The minimum Gasteiger partial charge on any atom is -0.496 e. The van der Waals surface area contributed by atoms with Gasteiger partial charge in [-0.25, -0.2) is 0 Å². The van der Waals surface area contributed by atoms with Gasteiger partial charge in [-0.15, -0.1) is 0 Å². The van der Waals surface area contributed by atoms with Crippen molar-refractivity contribution in [3.05, 3.63) is 47.9 Å². The van der Waals surface area contributed by atoms with Crippen LogP contribution in [0.2, 0.25) is 0 Å². The van der Waals surface area contributed by atoms with Crippen molar-refractivity contribution in [2.45, 2.75) is 13.3 Å². The van der Waals surface area contributed by atoms with E-state index in [9.17, 15) is 4.79 Å². The first-order valence-corrected chi connectivity index (χ1v) is 6.64. The molecule has 2 rings (SSSR count). The van der Waals surface area contributed by atoms with E-state index >= 15 is 0 Å². The van der Waals surface area contributed by atoms with E-state index in [2.05, 4.69) is 4.74 Å². The number of hydrogen-bond acceptors (Lipinski definition) is 4. The van der Waals surface area contributed by atoms with Crippen molar-refractivity contribution in [2.75, 3.05) is 14.2 Å². The van der Waals surface area contributed by atoms with Crippen molar-refractivity contribution >= 4 is 12.0 Å². The van der Waals surface area contributed by atoms with Gasteiger partial charge in [0.25, 0.3) is 0 Å². The van der Waals surface area contributed by atoms with Crippen molar-refractivity contribution in [1.82, 2.24) is 0 Å². The molecule has 0 N–H and O–H groups in total. The van der Waals surface area contributed by atoms with Crippen LogP contribution in [0.3, 0.4) is 0 Å². The van der Waals surface area contributed by atoms with Gasteiger partial charge in [-0.05, 0) is 30.7 Å². The molecule has 0 amide bonds. The molecule has 0 bridgehead atoms. The lowest BCUT2D eigenvalue weighted by molar-refractivity contribution is -0.140. The lowest BCUT2D eigenvalue weighted by Gasteiger charge is -2.09. The number of benzene rings is 1. The Morgan fingerprint density at radius 3 is 2.71 bits per heavy atom. The van der Waals surface area contributed by atoms with E-state index in [4.69, 9.17) is 9.15 Å². The lowest BCUT2D eigenvalue weighted by Crippen LogP contribution is -2.04. The summed E-state index contributed by atoms with van der Waals surface area (Å²) in [5, 5.41) is 0. The normalized spacial score (nSPS) is 10.8. The zero-order valence-electron chi connectivity index (χ0n) is 12.4. The number of carbonyl (C=O) groups is 1. The molecule has 4 nitrogen and oxygen atoms in total. The molecule has 0 spiro atoms. The zero-order valence-corrected chi connectivity index (χ0v) is 12.4. The molecule has 1 heterocycles. The molecule has 4 heteroatoms. The second-order valence-corrected chi connectivity index (χ2v) is 4.47. The molecule has 0 fully saturated rings. The minimum atomic E-state index is -0.337. The molecule has 0 aliphatic carbocycles. The number of allylic oxidation sites excluding steroid dienone is 1. The fraction of sp³-hybridized carbons (Fsp3) is 0.235. The van der Waals surface area contributed by atoms with Crippen LogP contribution in [0.4, 0.5) is 0 Å². The summed E-state index contributed by atoms with van der Waals surface area (Å²) in [5.74, 6) is 0.966. The van der Waals surface area contributed by atoms with E-state index in [0.717, 1.165) is 22.4 Å². The molecule has 0 radical (unpaired) electrons. The topological polar surface area (TPSA) is 48.7 Å². The first-order valence-electron chi connectivity index (χ1n) is 6.64. The third kappa shape index (κ3) is 3.34. The first kappa shape index (κ1) is 14.9. The fourth-order valence-electron chi connectivity index (χ4n) is 2.15. The number of ether oxygens (including phenoxy) is 2. The maximum atomic E-state index is 11.4. The molecule has 0 saturated heterocycles. The molecule has 0 aliphatic rings. The lowest BCUT2D eigenvalue weighted by atomic mass is 10.0. The Morgan fingerprint density at radius 2 is 2.05 bits per heavy atom. The SMILES string of the molecule is CC=Cc1ccc(-c2ccoc2CC(=O)OC)c(OC)c1. The second kappa shape index (κ2) is 6.79. The monoisotopic (exact) mass is 286 g/mol. The number of hydrogen-bond donors (Lipinski definition) is 0. The highest BCUT2D eigenvalue weighted by atomic mass is 16.5. The maximum absolute atomic E-state index is 11.4. The van der Waals surface area contributed by atoms with Crippen LogP contribution in [0, 0.1) is 0 Å². The molecule has 0 unspecified atom stereocenters. The van der Waals surface area contributed by atoms with Gasteiger partial charge in [0.15, 0.2) is 0 Å². The van der Waals surface area contributed by atoms with E-state index in [1.54, 1.807) is 13.4 Å². The predicted molar refractivity (Wildman–Crippen MR) is 81.1 cm³/mol. The van der Waals surface area contributed by atoms with Gasteiger partial charge >= 0.3 is 5.97 Å². The van der Waals surface area contributed by atoms with Gasteiger partial charge in [0.05, 0.1) is 20.5 Å². The quantitative estimate of drug-likeness (QED) is 0.786. The number of furan rings is 1. The molecule has 21 heavy (non-hydrogen) atoms. The number of esters is 1. The van der Waals surface area contributed by atoms with E-state index in [1.807, 2.05) is 43.3 Å². The Labute approximate surface area is 124 Å². The Hall–Kier alpha value is -2.49. The van der Waals surface area contributed by atoms with Crippen LogP contribution in [0.5, 0.6) is 5.75 Å². The largest absolute Gasteiger partial charge is 0.496 e. The highest BCUT2D eigenvalue weighted by Crippen LogP contribution is 2.34. The van der Waals surface area contributed by atoms with Crippen LogP contribution in [0.15, 0.2) is 41.0 Å². The molecular weight excluding hydrogens is 268 g/mol. The third-order valence-corrected chi connectivity index (χ3v) is 3.15. The van der Waals surface area contributed by atoms with E-state index in [1.165, 1.54) is 7.11 Å². The molecule has 2 aromatic rings. The molecule has 0 atom stereocenters. The van der Waals surface area contributed by atoms with Gasteiger partial charge < -0.3 is 13.9 Å². The zero-order chi connectivity index (χ0) is 15.2. The van der Waals surface area contributed by atoms with Crippen molar-refractivity contribution in [3.8, 4) is 16.9 Å². The summed E-state index contributed by atoms with van der Waals surface area (Å²) in [6.07, 6.45) is 5.62. The summed E-state index contributed by atoms with van der Waals surface area (Å²) in [6.45, 7) is 1.96. The number of rotatable bonds is 5. The third-order valence-electron chi connectivity index (χ3n) is 3.15. The van der Waals surface area contributed by atoms with E-state index in [-0.39, 0.29) is 12.4 Å². The summed E-state index contributed by atoms with van der Waals surface area (Å²) in [6, 6.07) is 7.72. The molecular formula is C17H18O4. The summed E-state index contributed by atoms with van der Waals surface area (Å²) >= 11 is 0. The second-order valence-electron chi connectivity index (χ2n) is 4.47. The van der Waals surface area contributed by atoms with Gasteiger partial charge in [0.2, 0.25) is 0 Å². The Morgan fingerprint density at radius 1 is 1.24 bits per heavy atom.